The molecule has 1 amide bonds. The first-order chi connectivity index (χ1) is 24.1. The van der Waals surface area contributed by atoms with Crippen LogP contribution in [0.1, 0.15) is 105 Å². The van der Waals surface area contributed by atoms with Crippen LogP contribution < -0.4 is 0 Å². The SMILES string of the molecule is C[C@@H]1CC(CN(C)CC(=O)O)OC2[C@H]1[C@@]1(C)CC[C@@]34C[C@@]35CCC(O[C@H]3CN(C(=O)CC6CC6)CCO3)C(C)(C)[C@@H]5CCC4[C@]1(C)[C@H]2O.O=S=O. The maximum Gasteiger partial charge on any atom is 0.335 e. The third kappa shape index (κ3) is 5.90. The highest BCUT2D eigenvalue weighted by atomic mass is 32.1. The van der Waals surface area contributed by atoms with Crippen molar-refractivity contribution in [2.75, 3.05) is 39.8 Å². The number of aliphatic hydroxyl groups is 1. The number of nitrogens with zero attached hydrogens (tertiary/aromatic N) is 2. The van der Waals surface area contributed by atoms with E-state index in [1.54, 1.807) is 0 Å². The van der Waals surface area contributed by atoms with Crippen molar-refractivity contribution in [1.82, 2.24) is 9.80 Å². The summed E-state index contributed by atoms with van der Waals surface area (Å²) in [5, 5.41) is 21.8. The van der Waals surface area contributed by atoms with Crippen LogP contribution in [0.3, 0.4) is 0 Å². The topological polar surface area (TPSA) is 143 Å². The highest BCUT2D eigenvalue weighted by Crippen LogP contribution is 2.89. The van der Waals surface area contributed by atoms with Crippen LogP contribution in [0.4, 0.5) is 0 Å². The number of aliphatic carboxylic acids is 1. The van der Waals surface area contributed by atoms with Gasteiger partial charge in [-0.2, -0.15) is 8.42 Å². The van der Waals surface area contributed by atoms with Crippen LogP contribution in [-0.4, -0.2) is 111 Å². The van der Waals surface area contributed by atoms with Gasteiger partial charge in [0.25, 0.3) is 0 Å². The van der Waals surface area contributed by atoms with Crippen LogP contribution in [-0.2, 0) is 35.4 Å². The molecule has 2 saturated heterocycles. The van der Waals surface area contributed by atoms with Gasteiger partial charge in [0.15, 0.2) is 6.29 Å². The third-order valence-corrected chi connectivity index (χ3v) is 16.6. The zero-order valence-corrected chi connectivity index (χ0v) is 32.5. The van der Waals surface area contributed by atoms with Crippen molar-refractivity contribution in [2.45, 2.75) is 136 Å². The quantitative estimate of drug-likeness (QED) is 0.366. The first-order valence-electron chi connectivity index (χ1n) is 19.8. The second-order valence-corrected chi connectivity index (χ2v) is 19.3. The molecule has 0 aromatic rings. The lowest BCUT2D eigenvalue weighted by atomic mass is 9.41. The van der Waals surface area contributed by atoms with E-state index in [4.69, 9.17) is 22.6 Å². The molecule has 0 aromatic carbocycles. The molecule has 0 bridgehead atoms. The first-order valence-corrected chi connectivity index (χ1v) is 20.4. The van der Waals surface area contributed by atoms with Crippen molar-refractivity contribution < 1.29 is 42.4 Å². The molecule has 13 atom stereocenters. The van der Waals surface area contributed by atoms with E-state index in [9.17, 15) is 19.8 Å². The normalized spacial score (nSPS) is 47.8. The highest BCUT2D eigenvalue weighted by Gasteiger charge is 2.84. The summed E-state index contributed by atoms with van der Waals surface area (Å²) in [5.41, 5.74) is 0.393. The Bertz CT molecular complexity index is 1400. The minimum atomic E-state index is -0.821. The standard InChI is InChI=1S/C39H62N2O7.O2S/c1-23-17-25(19-40(6)20-30(43)44)47-33-32(23)36(4)13-14-39-22-38(39)12-11-28(35(2,3)26(38)9-10-27(39)37(36,5)34(33)45)48-31-21-41(15-16-46-31)29(42)18-24-7-8-24;1-3-2/h23-28,31-34,45H,7-22H2,1-6H3,(H,43,44);/t23-,25?,26+,27?,28?,31+,32+,33?,34+,36-,37-,38-,39+;/m1./s1. The number of hydrogen-bond acceptors (Lipinski definition) is 9. The number of ether oxygens (including phenoxy) is 3. The Morgan fingerprint density at radius 3 is 2.37 bits per heavy atom. The Morgan fingerprint density at radius 2 is 1.69 bits per heavy atom. The van der Waals surface area contributed by atoms with Crippen molar-refractivity contribution in [3.63, 3.8) is 0 Å². The second kappa shape index (κ2) is 13.4. The molecule has 11 nitrogen and oxygen atoms in total. The van der Waals surface area contributed by atoms with Crippen molar-refractivity contribution in [3.05, 3.63) is 0 Å². The van der Waals surface area contributed by atoms with E-state index < -0.39 is 23.6 Å². The summed E-state index contributed by atoms with van der Waals surface area (Å²) in [4.78, 5) is 28.1. The molecule has 2 spiro atoms. The smallest absolute Gasteiger partial charge is 0.335 e. The molecule has 2 N–H and O–H groups in total. The molecule has 6 saturated carbocycles. The molecule has 51 heavy (non-hydrogen) atoms. The summed E-state index contributed by atoms with van der Waals surface area (Å²) >= 11 is -0.750. The molecule has 0 radical (unpaired) electrons. The molecule has 0 aromatic heterocycles. The van der Waals surface area contributed by atoms with Crippen LogP contribution in [0.5, 0.6) is 0 Å². The van der Waals surface area contributed by atoms with Crippen LogP contribution in [0, 0.1) is 56.7 Å². The Labute approximate surface area is 307 Å². The van der Waals surface area contributed by atoms with E-state index in [-0.39, 0.29) is 58.7 Å². The lowest BCUT2D eigenvalue weighted by molar-refractivity contribution is -0.248. The number of carbonyl (C=O) groups excluding carboxylic acids is 1. The molecule has 12 heteroatoms. The van der Waals surface area contributed by atoms with Crippen LogP contribution in [0.2, 0.25) is 0 Å². The molecular weight excluding hydrogens is 673 g/mol. The Balaban J connectivity index is 0.00000131. The zero-order valence-electron chi connectivity index (χ0n) is 31.6. The molecule has 8 fully saturated rings. The number of aliphatic hydroxyl groups excluding tert-OH is 1. The molecule has 2 aliphatic heterocycles. The number of hydrogen-bond donors (Lipinski definition) is 2. The fourth-order valence-electron chi connectivity index (χ4n) is 14.2. The van der Waals surface area contributed by atoms with Crippen LogP contribution >= 0.6 is 0 Å². The van der Waals surface area contributed by atoms with Crippen LogP contribution in [0.15, 0.2) is 0 Å². The lowest BCUT2D eigenvalue weighted by Gasteiger charge is -2.64. The van der Waals surface area contributed by atoms with E-state index in [2.05, 4.69) is 34.6 Å². The Morgan fingerprint density at radius 1 is 1.00 bits per heavy atom. The minimum absolute atomic E-state index is 0.00257. The number of carboxylic acid groups (broad SMARTS) is 1. The van der Waals surface area contributed by atoms with Crippen LogP contribution in [0.25, 0.3) is 0 Å². The van der Waals surface area contributed by atoms with Gasteiger partial charge in [-0.05, 0) is 123 Å². The summed E-state index contributed by atoms with van der Waals surface area (Å²) in [7, 11) is 1.85. The zero-order chi connectivity index (χ0) is 36.7. The molecule has 8 aliphatic rings. The number of carboxylic acids is 1. The highest BCUT2D eigenvalue weighted by molar-refractivity contribution is 7.51. The molecule has 288 valence electrons. The molecule has 2 heterocycles. The number of likely N-dealkylation sites (N-methyl/N-ethyl adjacent to an activating group) is 1. The monoisotopic (exact) mass is 734 g/mol. The van der Waals surface area contributed by atoms with E-state index in [1.165, 1.54) is 38.5 Å². The van der Waals surface area contributed by atoms with Gasteiger partial charge in [-0.1, -0.05) is 34.6 Å². The van der Waals surface area contributed by atoms with Gasteiger partial charge >= 0.3 is 17.5 Å². The van der Waals surface area contributed by atoms with Crippen molar-refractivity contribution >= 4 is 23.4 Å². The van der Waals surface area contributed by atoms with Gasteiger partial charge in [-0.25, -0.2) is 0 Å². The summed E-state index contributed by atoms with van der Waals surface area (Å²) in [6.45, 7) is 14.5. The van der Waals surface area contributed by atoms with Gasteiger partial charge < -0.3 is 29.3 Å². The number of amides is 1. The van der Waals surface area contributed by atoms with Crippen molar-refractivity contribution in [1.29, 1.82) is 0 Å². The number of morpholine rings is 1. The summed E-state index contributed by atoms with van der Waals surface area (Å²) in [6, 6.07) is 0. The molecule has 6 aliphatic carbocycles. The van der Waals surface area contributed by atoms with Gasteiger partial charge in [0, 0.05) is 24.9 Å². The van der Waals surface area contributed by atoms with Gasteiger partial charge in [-0.15, -0.1) is 0 Å². The maximum atomic E-state index is 12.9. The second-order valence-electron chi connectivity index (χ2n) is 19.2. The Hall–Kier alpha value is -1.44. The fourth-order valence-corrected chi connectivity index (χ4v) is 14.2. The van der Waals surface area contributed by atoms with Crippen molar-refractivity contribution in [2.24, 2.45) is 56.7 Å². The first kappa shape index (κ1) is 37.9. The van der Waals surface area contributed by atoms with Crippen molar-refractivity contribution in [3.8, 4) is 0 Å². The summed E-state index contributed by atoms with van der Waals surface area (Å²) in [6.07, 6.45) is 11.2. The number of fused-ring (bicyclic) bond motifs is 4. The van der Waals surface area contributed by atoms with E-state index >= 15 is 0 Å². The van der Waals surface area contributed by atoms with E-state index in [0.29, 0.717) is 67.7 Å². The summed E-state index contributed by atoms with van der Waals surface area (Å²) < 4.78 is 36.4. The van der Waals surface area contributed by atoms with Gasteiger partial charge in [0.1, 0.15) is 0 Å². The fraction of sp³-hybridized carbons (Fsp3) is 0.949. The largest absolute Gasteiger partial charge is 0.480 e. The third-order valence-electron chi connectivity index (χ3n) is 16.6. The lowest BCUT2D eigenvalue weighted by Crippen LogP contribution is -2.60. The minimum Gasteiger partial charge on any atom is -0.480 e. The number of rotatable bonds is 8. The van der Waals surface area contributed by atoms with E-state index in [0.717, 1.165) is 25.7 Å². The van der Waals surface area contributed by atoms with Gasteiger partial charge in [-0.3, -0.25) is 14.5 Å². The predicted octanol–water partition coefficient (Wildman–Crippen LogP) is 4.52. The van der Waals surface area contributed by atoms with E-state index in [1.807, 2.05) is 16.8 Å². The average molecular weight is 735 g/mol. The van der Waals surface area contributed by atoms with Gasteiger partial charge in [0.2, 0.25) is 5.91 Å². The molecule has 4 unspecified atom stereocenters. The summed E-state index contributed by atoms with van der Waals surface area (Å²) in [5.74, 6) is 1.82. The molecular formula is C39H62N2O9S. The van der Waals surface area contributed by atoms with Gasteiger partial charge in [0.05, 0.1) is 44.1 Å². The average Bonchev–Trinajstić information content (AvgIpc) is 3.98. The predicted molar refractivity (Wildman–Crippen MR) is 189 cm³/mol. The Kier molecular flexibility index (Phi) is 9.94. The number of carbonyl (C=O) groups is 2. The maximum absolute atomic E-state index is 12.9. The molecule has 8 rings (SSSR count).